The van der Waals surface area contributed by atoms with Gasteiger partial charge < -0.3 is 28.4 Å². The Labute approximate surface area is 169 Å². The van der Waals surface area contributed by atoms with E-state index in [0.717, 1.165) is 0 Å². The Morgan fingerprint density at radius 1 is 0.759 bits per heavy atom. The number of nitrogens with zero attached hydrogens (tertiary/aromatic N) is 1. The maximum Gasteiger partial charge on any atom is 0.271 e. The molecule has 0 aliphatic rings. The summed E-state index contributed by atoms with van der Waals surface area (Å²) < 4.78 is 31.7. The minimum absolute atomic E-state index is 0.288. The molecular formula is C20H24N2O7. The van der Waals surface area contributed by atoms with Crippen molar-refractivity contribution in [1.82, 2.24) is 5.43 Å². The molecule has 0 atom stereocenters. The lowest BCUT2D eigenvalue weighted by molar-refractivity contribution is 0.0954. The van der Waals surface area contributed by atoms with Crippen molar-refractivity contribution >= 4 is 12.1 Å². The van der Waals surface area contributed by atoms with E-state index in [1.807, 2.05) is 0 Å². The average molecular weight is 404 g/mol. The van der Waals surface area contributed by atoms with E-state index in [4.69, 9.17) is 28.4 Å². The molecule has 1 N–H and O–H groups in total. The molecule has 0 unspecified atom stereocenters. The van der Waals surface area contributed by atoms with Crippen molar-refractivity contribution in [3.8, 4) is 34.5 Å². The SMILES string of the molecule is COc1cc(C(=O)NN=Cc2ccc(OC)c(OC)c2OC)cc(OC)c1OC. The highest BCUT2D eigenvalue weighted by Gasteiger charge is 2.17. The van der Waals surface area contributed by atoms with E-state index in [-0.39, 0.29) is 5.56 Å². The molecular weight excluding hydrogens is 380 g/mol. The van der Waals surface area contributed by atoms with Gasteiger partial charge in [-0.1, -0.05) is 0 Å². The lowest BCUT2D eigenvalue weighted by Crippen LogP contribution is -2.18. The van der Waals surface area contributed by atoms with Crippen LogP contribution in [0.5, 0.6) is 34.5 Å². The Kier molecular flexibility index (Phi) is 7.53. The van der Waals surface area contributed by atoms with Gasteiger partial charge >= 0.3 is 0 Å². The van der Waals surface area contributed by atoms with Gasteiger partial charge in [0.15, 0.2) is 23.0 Å². The number of hydrogen-bond donors (Lipinski definition) is 1. The third kappa shape index (κ3) is 4.63. The molecule has 2 aromatic rings. The van der Waals surface area contributed by atoms with Gasteiger partial charge in [0.1, 0.15) is 0 Å². The van der Waals surface area contributed by atoms with E-state index in [9.17, 15) is 4.79 Å². The smallest absolute Gasteiger partial charge is 0.271 e. The number of ether oxygens (including phenoxy) is 6. The Balaban J connectivity index is 2.26. The first-order valence-electron chi connectivity index (χ1n) is 8.46. The molecule has 0 bridgehead atoms. The van der Waals surface area contributed by atoms with Crippen molar-refractivity contribution < 1.29 is 33.2 Å². The van der Waals surface area contributed by atoms with Gasteiger partial charge in [0, 0.05) is 11.1 Å². The van der Waals surface area contributed by atoms with Crippen molar-refractivity contribution in [2.45, 2.75) is 0 Å². The number of amides is 1. The zero-order valence-corrected chi connectivity index (χ0v) is 17.2. The summed E-state index contributed by atoms with van der Waals surface area (Å²) in [5.74, 6) is 2.03. The molecule has 0 fully saturated rings. The molecule has 0 aromatic heterocycles. The lowest BCUT2D eigenvalue weighted by Gasteiger charge is -2.14. The molecule has 156 valence electrons. The molecule has 0 radical (unpaired) electrons. The van der Waals surface area contributed by atoms with Gasteiger partial charge in [0.2, 0.25) is 11.5 Å². The molecule has 0 saturated heterocycles. The second-order valence-electron chi connectivity index (χ2n) is 5.54. The topological polar surface area (TPSA) is 96.8 Å². The minimum Gasteiger partial charge on any atom is -0.493 e. The molecule has 2 aromatic carbocycles. The monoisotopic (exact) mass is 404 g/mol. The average Bonchev–Trinajstić information content (AvgIpc) is 2.76. The van der Waals surface area contributed by atoms with Crippen LogP contribution in [-0.2, 0) is 0 Å². The second kappa shape index (κ2) is 10.1. The summed E-state index contributed by atoms with van der Waals surface area (Å²) in [5.41, 5.74) is 3.34. The number of hydrazone groups is 1. The summed E-state index contributed by atoms with van der Waals surface area (Å²) in [6, 6.07) is 6.51. The van der Waals surface area contributed by atoms with Gasteiger partial charge in [-0.15, -0.1) is 0 Å². The molecule has 9 nitrogen and oxygen atoms in total. The Hall–Kier alpha value is -3.62. The van der Waals surface area contributed by atoms with Crippen LogP contribution in [0.4, 0.5) is 0 Å². The maximum absolute atomic E-state index is 12.5. The molecule has 0 aliphatic heterocycles. The molecule has 0 heterocycles. The maximum atomic E-state index is 12.5. The number of rotatable bonds is 9. The fourth-order valence-electron chi connectivity index (χ4n) is 2.66. The van der Waals surface area contributed by atoms with Crippen LogP contribution in [0, 0.1) is 0 Å². The van der Waals surface area contributed by atoms with Crippen LogP contribution in [0.3, 0.4) is 0 Å². The van der Waals surface area contributed by atoms with Gasteiger partial charge in [-0.25, -0.2) is 5.43 Å². The Morgan fingerprint density at radius 3 is 1.79 bits per heavy atom. The first-order valence-corrected chi connectivity index (χ1v) is 8.46. The van der Waals surface area contributed by atoms with Crippen LogP contribution < -0.4 is 33.8 Å². The van der Waals surface area contributed by atoms with Crippen molar-refractivity contribution in [3.63, 3.8) is 0 Å². The van der Waals surface area contributed by atoms with Crippen LogP contribution >= 0.6 is 0 Å². The Morgan fingerprint density at radius 2 is 1.31 bits per heavy atom. The highest BCUT2D eigenvalue weighted by molar-refractivity contribution is 5.96. The zero-order valence-electron chi connectivity index (χ0n) is 17.2. The molecule has 0 saturated carbocycles. The van der Waals surface area contributed by atoms with Crippen LogP contribution in [0.1, 0.15) is 15.9 Å². The predicted molar refractivity (Wildman–Crippen MR) is 107 cm³/mol. The molecule has 9 heteroatoms. The standard InChI is InChI=1S/C20H24N2O7/c1-24-14-8-7-12(17(27-4)19(14)29-6)11-21-22-20(23)13-9-15(25-2)18(28-5)16(10-13)26-3/h7-11H,1-6H3,(H,22,23). The van der Waals surface area contributed by atoms with Crippen LogP contribution in [-0.4, -0.2) is 54.8 Å². The summed E-state index contributed by atoms with van der Waals surface area (Å²) in [4.78, 5) is 12.5. The van der Waals surface area contributed by atoms with Gasteiger partial charge in [-0.2, -0.15) is 5.10 Å². The largest absolute Gasteiger partial charge is 0.493 e. The van der Waals surface area contributed by atoms with Crippen LogP contribution in [0.2, 0.25) is 0 Å². The number of methoxy groups -OCH3 is 6. The van der Waals surface area contributed by atoms with Crippen molar-refractivity contribution in [3.05, 3.63) is 35.4 Å². The number of nitrogens with one attached hydrogen (secondary N) is 1. The van der Waals surface area contributed by atoms with E-state index in [1.54, 1.807) is 12.1 Å². The van der Waals surface area contributed by atoms with Crippen LogP contribution in [0.25, 0.3) is 0 Å². The Bertz CT molecular complexity index is 872. The highest BCUT2D eigenvalue weighted by atomic mass is 16.5. The fourth-order valence-corrected chi connectivity index (χ4v) is 2.66. The minimum atomic E-state index is -0.458. The lowest BCUT2D eigenvalue weighted by atomic mass is 10.1. The van der Waals surface area contributed by atoms with E-state index >= 15 is 0 Å². The van der Waals surface area contributed by atoms with Crippen molar-refractivity contribution in [2.24, 2.45) is 5.10 Å². The molecule has 0 aliphatic carbocycles. The summed E-state index contributed by atoms with van der Waals surface area (Å²) in [7, 11) is 8.97. The molecule has 0 spiro atoms. The molecule has 29 heavy (non-hydrogen) atoms. The first-order chi connectivity index (χ1) is 14.0. The van der Waals surface area contributed by atoms with E-state index < -0.39 is 5.91 Å². The molecule has 2 rings (SSSR count). The fraction of sp³-hybridized carbons (Fsp3) is 0.300. The number of hydrogen-bond acceptors (Lipinski definition) is 8. The van der Waals surface area contributed by atoms with Gasteiger partial charge in [0.05, 0.1) is 48.9 Å². The van der Waals surface area contributed by atoms with E-state index in [2.05, 4.69) is 10.5 Å². The third-order valence-corrected chi connectivity index (χ3v) is 4.03. The van der Waals surface area contributed by atoms with Gasteiger partial charge in [-0.3, -0.25) is 4.79 Å². The quantitative estimate of drug-likeness (QED) is 0.507. The summed E-state index contributed by atoms with van der Waals surface area (Å²) in [6.45, 7) is 0. The van der Waals surface area contributed by atoms with E-state index in [0.29, 0.717) is 40.1 Å². The summed E-state index contributed by atoms with van der Waals surface area (Å²) >= 11 is 0. The van der Waals surface area contributed by atoms with Crippen molar-refractivity contribution in [2.75, 3.05) is 42.7 Å². The first kappa shape index (κ1) is 21.7. The number of carbonyl (C=O) groups is 1. The van der Waals surface area contributed by atoms with Crippen LogP contribution in [0.15, 0.2) is 29.4 Å². The summed E-state index contributed by atoms with van der Waals surface area (Å²) in [6.07, 6.45) is 1.44. The summed E-state index contributed by atoms with van der Waals surface area (Å²) in [5, 5.41) is 4.00. The predicted octanol–water partition coefficient (Wildman–Crippen LogP) is 2.50. The number of benzene rings is 2. The normalized spacial score (nSPS) is 10.4. The van der Waals surface area contributed by atoms with Gasteiger partial charge in [0.25, 0.3) is 5.91 Å². The van der Waals surface area contributed by atoms with E-state index in [1.165, 1.54) is 61.0 Å². The van der Waals surface area contributed by atoms with Crippen molar-refractivity contribution in [1.29, 1.82) is 0 Å². The second-order valence-corrected chi connectivity index (χ2v) is 5.54. The highest BCUT2D eigenvalue weighted by Crippen LogP contribution is 2.39. The molecule has 1 amide bonds. The van der Waals surface area contributed by atoms with Gasteiger partial charge in [-0.05, 0) is 24.3 Å². The number of carbonyl (C=O) groups excluding carboxylic acids is 1. The third-order valence-electron chi connectivity index (χ3n) is 4.03. The zero-order chi connectivity index (χ0) is 21.4.